The summed E-state index contributed by atoms with van der Waals surface area (Å²) in [5, 5.41) is 3.31. The highest BCUT2D eigenvalue weighted by Crippen LogP contribution is 2.33. The van der Waals surface area contributed by atoms with Crippen molar-refractivity contribution in [3.63, 3.8) is 0 Å². The zero-order chi connectivity index (χ0) is 12.4. The quantitative estimate of drug-likeness (QED) is 0.806. The summed E-state index contributed by atoms with van der Waals surface area (Å²) in [6.45, 7) is 3.97. The van der Waals surface area contributed by atoms with E-state index in [1.807, 2.05) is 13.0 Å². The van der Waals surface area contributed by atoms with Gasteiger partial charge >= 0.3 is 5.97 Å². The molecule has 1 heterocycles. The number of aryl methyl sites for hydroxylation is 1. The SMILES string of the molecule is COC(=O)c1nc(C)cc(NC(C)C2CC2)n1. The van der Waals surface area contributed by atoms with Gasteiger partial charge in [-0.3, -0.25) is 0 Å². The van der Waals surface area contributed by atoms with E-state index in [9.17, 15) is 4.79 Å². The Balaban J connectivity index is 2.15. The van der Waals surface area contributed by atoms with Crippen LogP contribution in [0, 0.1) is 12.8 Å². The summed E-state index contributed by atoms with van der Waals surface area (Å²) >= 11 is 0. The molecule has 5 heteroatoms. The van der Waals surface area contributed by atoms with Crippen LogP contribution >= 0.6 is 0 Å². The third-order valence-corrected chi connectivity index (χ3v) is 2.93. The van der Waals surface area contributed by atoms with Gasteiger partial charge in [-0.15, -0.1) is 0 Å². The lowest BCUT2D eigenvalue weighted by atomic mass is 10.2. The van der Waals surface area contributed by atoms with Crippen LogP contribution in [0.25, 0.3) is 0 Å². The number of nitrogens with zero attached hydrogens (tertiary/aromatic N) is 2. The molecule has 0 amide bonds. The van der Waals surface area contributed by atoms with Crippen LogP contribution in [0.4, 0.5) is 5.82 Å². The first-order valence-electron chi connectivity index (χ1n) is 5.80. The van der Waals surface area contributed by atoms with E-state index < -0.39 is 5.97 Å². The first-order chi connectivity index (χ1) is 8.10. The number of ether oxygens (including phenoxy) is 1. The maximum Gasteiger partial charge on any atom is 0.376 e. The molecule has 1 saturated carbocycles. The summed E-state index contributed by atoms with van der Waals surface area (Å²) in [6.07, 6.45) is 2.53. The molecule has 1 fully saturated rings. The Morgan fingerprint density at radius 1 is 1.53 bits per heavy atom. The molecule has 2 rings (SSSR count). The molecular weight excluding hydrogens is 218 g/mol. The topological polar surface area (TPSA) is 64.1 Å². The highest BCUT2D eigenvalue weighted by atomic mass is 16.5. The number of methoxy groups -OCH3 is 1. The monoisotopic (exact) mass is 235 g/mol. The lowest BCUT2D eigenvalue weighted by Gasteiger charge is -2.14. The second-order valence-electron chi connectivity index (χ2n) is 4.48. The fourth-order valence-electron chi connectivity index (χ4n) is 1.77. The lowest BCUT2D eigenvalue weighted by Crippen LogP contribution is -2.19. The number of hydrogen-bond donors (Lipinski definition) is 1. The molecule has 1 aromatic rings. The van der Waals surface area contributed by atoms with E-state index in [1.165, 1.54) is 20.0 Å². The lowest BCUT2D eigenvalue weighted by molar-refractivity contribution is 0.0586. The Morgan fingerprint density at radius 3 is 2.82 bits per heavy atom. The smallest absolute Gasteiger partial charge is 0.376 e. The van der Waals surface area contributed by atoms with Crippen LogP contribution in [0.5, 0.6) is 0 Å². The van der Waals surface area contributed by atoms with Gasteiger partial charge in [0.1, 0.15) is 5.82 Å². The Kier molecular flexibility index (Phi) is 3.26. The van der Waals surface area contributed by atoms with Crippen LogP contribution in [-0.4, -0.2) is 29.1 Å². The van der Waals surface area contributed by atoms with Crippen molar-refractivity contribution < 1.29 is 9.53 Å². The normalized spacial score (nSPS) is 16.4. The Bertz CT molecular complexity index is 430. The summed E-state index contributed by atoms with van der Waals surface area (Å²) in [6, 6.07) is 2.22. The van der Waals surface area contributed by atoms with Gasteiger partial charge in [0.05, 0.1) is 7.11 Å². The van der Waals surface area contributed by atoms with Gasteiger partial charge in [-0.2, -0.15) is 0 Å². The third-order valence-electron chi connectivity index (χ3n) is 2.93. The van der Waals surface area contributed by atoms with E-state index in [4.69, 9.17) is 0 Å². The van der Waals surface area contributed by atoms with Gasteiger partial charge in [0, 0.05) is 17.8 Å². The van der Waals surface area contributed by atoms with Crippen LogP contribution in [-0.2, 0) is 4.74 Å². The van der Waals surface area contributed by atoms with Crippen molar-refractivity contribution in [3.8, 4) is 0 Å². The molecule has 0 bridgehead atoms. The molecule has 1 atom stereocenters. The molecule has 0 saturated heterocycles. The Labute approximate surface area is 101 Å². The van der Waals surface area contributed by atoms with Gasteiger partial charge in [0.15, 0.2) is 0 Å². The number of esters is 1. The van der Waals surface area contributed by atoms with Gasteiger partial charge in [-0.25, -0.2) is 14.8 Å². The van der Waals surface area contributed by atoms with Crippen LogP contribution in [0.15, 0.2) is 6.07 Å². The minimum absolute atomic E-state index is 0.109. The van der Waals surface area contributed by atoms with Crippen molar-refractivity contribution in [2.45, 2.75) is 32.7 Å². The fraction of sp³-hybridized carbons (Fsp3) is 0.583. The second-order valence-corrected chi connectivity index (χ2v) is 4.48. The molecule has 1 aromatic heterocycles. The van der Waals surface area contributed by atoms with Gasteiger partial charge in [-0.05, 0) is 32.6 Å². The molecule has 0 aliphatic heterocycles. The number of nitrogens with one attached hydrogen (secondary N) is 1. The maximum atomic E-state index is 11.4. The second kappa shape index (κ2) is 4.69. The average molecular weight is 235 g/mol. The first kappa shape index (κ1) is 11.8. The molecular formula is C12H17N3O2. The minimum Gasteiger partial charge on any atom is -0.463 e. The molecule has 1 aliphatic carbocycles. The molecule has 5 nitrogen and oxygen atoms in total. The van der Waals surface area contributed by atoms with Crippen molar-refractivity contribution in [1.82, 2.24) is 9.97 Å². The molecule has 17 heavy (non-hydrogen) atoms. The van der Waals surface area contributed by atoms with Crippen molar-refractivity contribution in [3.05, 3.63) is 17.6 Å². The molecule has 1 aliphatic rings. The number of rotatable bonds is 4. The zero-order valence-electron chi connectivity index (χ0n) is 10.4. The molecule has 0 radical (unpaired) electrons. The van der Waals surface area contributed by atoms with Crippen molar-refractivity contribution >= 4 is 11.8 Å². The van der Waals surface area contributed by atoms with Crippen molar-refractivity contribution in [2.24, 2.45) is 5.92 Å². The number of hydrogen-bond acceptors (Lipinski definition) is 5. The van der Waals surface area contributed by atoms with E-state index in [0.717, 1.165) is 11.6 Å². The standard InChI is InChI=1S/C12H17N3O2/c1-7-6-10(14-8(2)9-4-5-9)15-11(13-7)12(16)17-3/h6,8-9H,4-5H2,1-3H3,(H,13,14,15). The summed E-state index contributed by atoms with van der Waals surface area (Å²) in [7, 11) is 1.33. The van der Waals surface area contributed by atoms with Crippen molar-refractivity contribution in [1.29, 1.82) is 0 Å². The Morgan fingerprint density at radius 2 is 2.24 bits per heavy atom. The predicted molar refractivity (Wildman–Crippen MR) is 63.9 cm³/mol. The highest BCUT2D eigenvalue weighted by Gasteiger charge is 2.28. The molecule has 0 spiro atoms. The number of aromatic nitrogens is 2. The minimum atomic E-state index is -0.504. The first-order valence-corrected chi connectivity index (χ1v) is 5.80. The molecule has 1 N–H and O–H groups in total. The largest absolute Gasteiger partial charge is 0.463 e. The van der Waals surface area contributed by atoms with Crippen molar-refractivity contribution in [2.75, 3.05) is 12.4 Å². The molecule has 92 valence electrons. The average Bonchev–Trinajstić information content (AvgIpc) is 3.10. The van der Waals surface area contributed by atoms with Gasteiger partial charge in [0.2, 0.25) is 5.82 Å². The van der Waals surface area contributed by atoms with Gasteiger partial charge in [-0.1, -0.05) is 0 Å². The van der Waals surface area contributed by atoms with E-state index in [0.29, 0.717) is 11.9 Å². The van der Waals surface area contributed by atoms with E-state index >= 15 is 0 Å². The summed E-state index contributed by atoms with van der Waals surface area (Å²) < 4.78 is 4.62. The fourth-order valence-corrected chi connectivity index (χ4v) is 1.77. The molecule has 1 unspecified atom stereocenters. The Hall–Kier alpha value is -1.65. The number of anilines is 1. The highest BCUT2D eigenvalue weighted by molar-refractivity contribution is 5.85. The summed E-state index contributed by atoms with van der Waals surface area (Å²) in [4.78, 5) is 19.6. The summed E-state index contributed by atoms with van der Waals surface area (Å²) in [5.41, 5.74) is 0.755. The third kappa shape index (κ3) is 2.93. The van der Waals surface area contributed by atoms with Gasteiger partial charge < -0.3 is 10.1 Å². The molecule has 0 aromatic carbocycles. The van der Waals surface area contributed by atoms with E-state index in [2.05, 4.69) is 26.9 Å². The number of carbonyl (C=O) groups excluding carboxylic acids is 1. The zero-order valence-corrected chi connectivity index (χ0v) is 10.4. The van der Waals surface area contributed by atoms with E-state index in [1.54, 1.807) is 0 Å². The van der Waals surface area contributed by atoms with E-state index in [-0.39, 0.29) is 5.82 Å². The van der Waals surface area contributed by atoms with Crippen LogP contribution in [0.2, 0.25) is 0 Å². The van der Waals surface area contributed by atoms with Crippen LogP contribution in [0.1, 0.15) is 36.1 Å². The van der Waals surface area contributed by atoms with Crippen LogP contribution in [0.3, 0.4) is 0 Å². The maximum absolute atomic E-state index is 11.4. The summed E-state index contributed by atoms with van der Waals surface area (Å²) in [5.74, 6) is 1.03. The predicted octanol–water partition coefficient (Wildman–Crippen LogP) is 1.78. The van der Waals surface area contributed by atoms with Crippen LogP contribution < -0.4 is 5.32 Å². The van der Waals surface area contributed by atoms with Gasteiger partial charge in [0.25, 0.3) is 0 Å². The number of carbonyl (C=O) groups is 1.